The van der Waals surface area contributed by atoms with E-state index in [-0.39, 0.29) is 51.4 Å². The first-order chi connectivity index (χ1) is 4.63. The molecule has 0 N–H and O–H groups in total. The molecule has 0 fully saturated rings. The molecule has 11 heavy (non-hydrogen) atoms. The predicted molar refractivity (Wildman–Crippen MR) is 40.1 cm³/mol. The Morgan fingerprint density at radius 2 is 2.09 bits per heavy atom. The zero-order valence-electron chi connectivity index (χ0n) is 7.05. The van der Waals surface area contributed by atoms with Crippen LogP contribution in [0.25, 0.3) is 0 Å². The van der Waals surface area contributed by atoms with Gasteiger partial charge < -0.3 is 9.90 Å². The maximum Gasteiger partial charge on any atom is 1.00 e. The molecule has 0 saturated carbocycles. The largest absolute Gasteiger partial charge is 1.00 e. The van der Waals surface area contributed by atoms with Crippen molar-refractivity contribution >= 4 is 14.4 Å². The van der Waals surface area contributed by atoms with Crippen LogP contribution in [0.15, 0.2) is 22.5 Å². The van der Waals surface area contributed by atoms with Crippen molar-refractivity contribution in [3.63, 3.8) is 0 Å². The fraction of sp³-hybridized carbons (Fsp3) is 0.286. The van der Waals surface area contributed by atoms with Crippen molar-refractivity contribution < 1.29 is 61.3 Å². The summed E-state index contributed by atoms with van der Waals surface area (Å²) >= 11 is 0. The third kappa shape index (κ3) is 2.64. The molecule has 0 saturated heterocycles. The average molecular weight is 192 g/mol. The van der Waals surface area contributed by atoms with Crippen molar-refractivity contribution in [3.8, 4) is 0 Å². The van der Waals surface area contributed by atoms with Crippen molar-refractivity contribution in [2.45, 2.75) is 13.8 Å². The molecule has 54 valence electrons. The van der Waals surface area contributed by atoms with Gasteiger partial charge in [-0.2, -0.15) is 0 Å². The van der Waals surface area contributed by atoms with Gasteiger partial charge >= 0.3 is 51.4 Å². The molecule has 0 spiro atoms. The van der Waals surface area contributed by atoms with Gasteiger partial charge in [0.05, 0.1) is 0 Å². The number of hydrogen-bond donors (Lipinski definition) is 0. The number of carbonyl (C=O) groups excluding carboxylic acids is 1. The first kappa shape index (κ1) is 11.8. The van der Waals surface area contributed by atoms with Crippen molar-refractivity contribution in [2.75, 3.05) is 0 Å². The summed E-state index contributed by atoms with van der Waals surface area (Å²) in [7, 11) is -1.80. The Morgan fingerprint density at radius 1 is 1.55 bits per heavy atom. The van der Waals surface area contributed by atoms with E-state index in [1.807, 2.05) is 19.9 Å². The Kier molecular flexibility index (Phi) is 5.08. The first-order valence-electron chi connectivity index (χ1n) is 3.19. The van der Waals surface area contributed by atoms with E-state index in [9.17, 15) is 9.90 Å². The smallest absolute Gasteiger partial charge is 0.555 e. The number of allylic oxidation sites excluding steroid dienone is 3. The molecule has 0 aliphatic carbocycles. The van der Waals surface area contributed by atoms with Gasteiger partial charge in [-0.25, -0.2) is 0 Å². The quantitative estimate of drug-likeness (QED) is 0.419. The van der Waals surface area contributed by atoms with Gasteiger partial charge in [0.25, 0.3) is 0 Å². The molecule has 1 atom stereocenters. The molecule has 0 aromatic heterocycles. The van der Waals surface area contributed by atoms with Crippen LogP contribution in [0.1, 0.15) is 13.8 Å². The van der Waals surface area contributed by atoms with Gasteiger partial charge in [0, 0.05) is 5.59 Å². The van der Waals surface area contributed by atoms with E-state index in [1.54, 1.807) is 5.70 Å². The Hall–Kier alpha value is 0.803. The molecule has 1 unspecified atom stereocenters. The third-order valence-corrected chi connectivity index (χ3v) is 4.35. The molecule has 0 aromatic carbocycles. The summed E-state index contributed by atoms with van der Waals surface area (Å²) in [5.41, 5.74) is 2.02. The maximum atomic E-state index is 10.4. The van der Waals surface area contributed by atoms with E-state index in [0.29, 0.717) is 0 Å². The summed E-state index contributed by atoms with van der Waals surface area (Å²) in [4.78, 5) is 10.4. The molecule has 0 amide bonds. The molecule has 2 nitrogen and oxygen atoms in total. The van der Waals surface area contributed by atoms with E-state index < -0.39 is 14.4 Å². The number of carboxylic acid groups (broad SMARTS) is 1. The second-order valence-corrected chi connectivity index (χ2v) is 5.20. The Balaban J connectivity index is 0.000001000. The van der Waals surface area contributed by atoms with Crippen LogP contribution in [0.5, 0.6) is 0 Å². The summed E-state index contributed by atoms with van der Waals surface area (Å²) in [6, 6.07) is 0. The van der Waals surface area contributed by atoms with Gasteiger partial charge in [0.1, 0.15) is 8.80 Å². The van der Waals surface area contributed by atoms with Crippen LogP contribution in [-0.2, 0) is 0 Å². The normalized spacial score (nSPS) is 21.8. The predicted octanol–water partition coefficient (Wildman–Crippen LogP) is -2.87. The van der Waals surface area contributed by atoms with Gasteiger partial charge in [0.2, 0.25) is 0 Å². The summed E-state index contributed by atoms with van der Waals surface area (Å²) in [5.74, 6) is 0. The standard InChI is InChI=1S/C7H10O2Si.K/c1-5-3-4-10(6(5)2)7(8)9;/h3-4,10H,1-2H3,(H,8,9);/q;+1/p-1. The van der Waals surface area contributed by atoms with Crippen LogP contribution in [0.4, 0.5) is 4.79 Å². The second-order valence-electron chi connectivity index (χ2n) is 2.52. The molecule has 1 aliphatic rings. The average Bonchev–Trinajstić information content (AvgIpc) is 2.14. The van der Waals surface area contributed by atoms with Gasteiger partial charge in [-0.15, -0.1) is 0 Å². The van der Waals surface area contributed by atoms with Crippen LogP contribution in [0, 0.1) is 0 Å². The molecule has 0 aromatic rings. The molecule has 1 rings (SSSR count). The number of rotatable bonds is 1. The SMILES string of the molecule is CC1=C(C)[SiH](C(=O)[O-])C=C1.[K+]. The second kappa shape index (κ2) is 4.74. The number of hydrogen-bond acceptors (Lipinski definition) is 2. The summed E-state index contributed by atoms with van der Waals surface area (Å²) < 4.78 is 0. The number of carbonyl (C=O) groups is 1. The zero-order chi connectivity index (χ0) is 7.72. The van der Waals surface area contributed by atoms with E-state index in [1.165, 1.54) is 0 Å². The molecular weight excluding hydrogens is 183 g/mol. The summed E-state index contributed by atoms with van der Waals surface area (Å²) in [6.45, 7) is 3.81. The molecule has 1 heterocycles. The fourth-order valence-electron chi connectivity index (χ4n) is 1.02. The van der Waals surface area contributed by atoms with E-state index in [0.717, 1.165) is 10.8 Å². The van der Waals surface area contributed by atoms with Gasteiger partial charge in [0.15, 0.2) is 0 Å². The minimum absolute atomic E-state index is 0. The van der Waals surface area contributed by atoms with Crippen LogP contribution >= 0.6 is 0 Å². The minimum atomic E-state index is -1.80. The van der Waals surface area contributed by atoms with E-state index >= 15 is 0 Å². The maximum absolute atomic E-state index is 10.4. The zero-order valence-corrected chi connectivity index (χ0v) is 11.3. The van der Waals surface area contributed by atoms with Crippen molar-refractivity contribution in [2.24, 2.45) is 0 Å². The van der Waals surface area contributed by atoms with Crippen molar-refractivity contribution in [1.82, 2.24) is 0 Å². The third-order valence-electron chi connectivity index (χ3n) is 1.88. The van der Waals surface area contributed by atoms with Crippen LogP contribution in [0.3, 0.4) is 0 Å². The fourth-order valence-corrected chi connectivity index (χ4v) is 2.88. The first-order valence-corrected chi connectivity index (χ1v) is 5.01. The van der Waals surface area contributed by atoms with Crippen molar-refractivity contribution in [3.05, 3.63) is 22.5 Å². The van der Waals surface area contributed by atoms with Crippen LogP contribution < -0.4 is 56.5 Å². The summed E-state index contributed by atoms with van der Waals surface area (Å²) in [6.07, 6.45) is 1.88. The molecule has 1 aliphatic heterocycles. The van der Waals surface area contributed by atoms with Gasteiger partial charge in [-0.1, -0.05) is 22.5 Å². The van der Waals surface area contributed by atoms with Crippen molar-refractivity contribution in [1.29, 1.82) is 0 Å². The van der Waals surface area contributed by atoms with E-state index in [2.05, 4.69) is 0 Å². The molecule has 0 bridgehead atoms. The van der Waals surface area contributed by atoms with Crippen LogP contribution in [-0.4, -0.2) is 14.4 Å². The van der Waals surface area contributed by atoms with Gasteiger partial charge in [-0.05, 0) is 13.8 Å². The summed E-state index contributed by atoms with van der Waals surface area (Å²) in [5, 5.41) is 11.5. The molecular formula is C7H9KO2Si. The Labute approximate surface area is 110 Å². The molecule has 0 radical (unpaired) electrons. The Morgan fingerprint density at radius 3 is 2.27 bits per heavy atom. The van der Waals surface area contributed by atoms with Gasteiger partial charge in [-0.3, -0.25) is 0 Å². The monoisotopic (exact) mass is 192 g/mol. The van der Waals surface area contributed by atoms with Crippen LogP contribution in [0.2, 0.25) is 0 Å². The topological polar surface area (TPSA) is 40.1 Å². The Bertz CT molecular complexity index is 233. The minimum Gasteiger partial charge on any atom is -0.555 e. The molecule has 4 heteroatoms. The van der Waals surface area contributed by atoms with E-state index in [4.69, 9.17) is 0 Å².